The molecule has 3 rings (SSSR count). The highest BCUT2D eigenvalue weighted by Crippen LogP contribution is 2.26. The van der Waals surface area contributed by atoms with E-state index in [1.165, 1.54) is 23.5 Å². The van der Waals surface area contributed by atoms with Crippen LogP contribution in [0.2, 0.25) is 5.02 Å². The average Bonchev–Trinajstić information content (AvgIpc) is 2.81. The fourth-order valence-corrected chi connectivity index (χ4v) is 3.09. The number of halogens is 3. The summed E-state index contributed by atoms with van der Waals surface area (Å²) < 4.78 is 20.3. The molecule has 0 aliphatic carbocycles. The molecule has 0 bridgehead atoms. The third kappa shape index (κ3) is 2.92. The molecule has 0 spiro atoms. The summed E-state index contributed by atoms with van der Waals surface area (Å²) in [5.41, 5.74) is 0.848. The summed E-state index contributed by atoms with van der Waals surface area (Å²) in [6.45, 7) is 0.164. The van der Waals surface area contributed by atoms with Crippen molar-refractivity contribution in [1.82, 2.24) is 9.97 Å². The molecule has 7 heteroatoms. The number of rotatable bonds is 3. The van der Waals surface area contributed by atoms with Crippen molar-refractivity contribution < 1.29 is 9.13 Å². The van der Waals surface area contributed by atoms with Crippen molar-refractivity contribution >= 4 is 49.1 Å². The molecule has 0 aliphatic rings. The molecule has 3 aromatic rings. The van der Waals surface area contributed by atoms with Gasteiger partial charge in [-0.15, -0.1) is 11.3 Å². The standard InChI is InChI=1S/C13H7BrClFN2OS/c14-11-4-2-8(16)13(18-11)19-6-12-17-9-3-1-7(15)5-10(9)20-12/h1-5H,6H2. The van der Waals surface area contributed by atoms with E-state index in [1.807, 2.05) is 12.1 Å². The summed E-state index contributed by atoms with van der Waals surface area (Å²) in [5, 5.41) is 1.40. The van der Waals surface area contributed by atoms with E-state index < -0.39 is 5.82 Å². The molecule has 0 unspecified atom stereocenters. The van der Waals surface area contributed by atoms with Crippen LogP contribution in [0, 0.1) is 5.82 Å². The zero-order chi connectivity index (χ0) is 14.1. The van der Waals surface area contributed by atoms with E-state index >= 15 is 0 Å². The normalized spacial score (nSPS) is 10.9. The van der Waals surface area contributed by atoms with Gasteiger partial charge < -0.3 is 4.74 Å². The van der Waals surface area contributed by atoms with Crippen LogP contribution in [0.5, 0.6) is 5.88 Å². The number of ether oxygens (including phenoxy) is 1. The van der Waals surface area contributed by atoms with E-state index in [0.717, 1.165) is 15.2 Å². The van der Waals surface area contributed by atoms with Crippen molar-refractivity contribution in [1.29, 1.82) is 0 Å². The molecule has 2 aromatic heterocycles. The first-order chi connectivity index (χ1) is 9.61. The Morgan fingerprint density at radius 1 is 1.25 bits per heavy atom. The maximum absolute atomic E-state index is 13.5. The number of pyridine rings is 1. The summed E-state index contributed by atoms with van der Waals surface area (Å²) in [7, 11) is 0. The van der Waals surface area contributed by atoms with Crippen LogP contribution in [0.1, 0.15) is 5.01 Å². The Hall–Kier alpha value is -1.24. The van der Waals surface area contributed by atoms with Crippen molar-refractivity contribution in [3.63, 3.8) is 0 Å². The van der Waals surface area contributed by atoms with Crippen LogP contribution in [-0.2, 0) is 6.61 Å². The minimum atomic E-state index is -0.502. The second kappa shape index (κ2) is 5.63. The second-order valence-corrected chi connectivity index (χ2v) is 6.29. The van der Waals surface area contributed by atoms with Crippen LogP contribution < -0.4 is 4.74 Å². The van der Waals surface area contributed by atoms with E-state index in [4.69, 9.17) is 16.3 Å². The summed E-state index contributed by atoms with van der Waals surface area (Å²) >= 11 is 10.6. The molecular weight excluding hydrogens is 367 g/mol. The van der Waals surface area contributed by atoms with Crippen LogP contribution in [0.3, 0.4) is 0 Å². The lowest BCUT2D eigenvalue weighted by atomic mass is 10.3. The minimum absolute atomic E-state index is 0.0448. The van der Waals surface area contributed by atoms with Crippen molar-refractivity contribution in [3.05, 3.63) is 50.8 Å². The molecule has 0 N–H and O–H groups in total. The molecule has 2 heterocycles. The number of nitrogens with zero attached hydrogens (tertiary/aromatic N) is 2. The van der Waals surface area contributed by atoms with Gasteiger partial charge in [-0.3, -0.25) is 0 Å². The van der Waals surface area contributed by atoms with Gasteiger partial charge in [0.05, 0.1) is 10.2 Å². The molecule has 0 saturated carbocycles. The monoisotopic (exact) mass is 372 g/mol. The Morgan fingerprint density at radius 2 is 2.10 bits per heavy atom. The lowest BCUT2D eigenvalue weighted by Gasteiger charge is -2.04. The van der Waals surface area contributed by atoms with Gasteiger partial charge in [-0.25, -0.2) is 14.4 Å². The third-order valence-electron chi connectivity index (χ3n) is 2.51. The maximum atomic E-state index is 13.5. The van der Waals surface area contributed by atoms with Gasteiger partial charge in [0.25, 0.3) is 5.88 Å². The number of hydrogen-bond acceptors (Lipinski definition) is 4. The summed E-state index contributed by atoms with van der Waals surface area (Å²) in [6, 6.07) is 8.28. The van der Waals surface area contributed by atoms with Gasteiger partial charge in [-0.05, 0) is 46.3 Å². The van der Waals surface area contributed by atoms with Crippen molar-refractivity contribution in [2.45, 2.75) is 6.61 Å². The first kappa shape index (κ1) is 13.7. The van der Waals surface area contributed by atoms with Crippen molar-refractivity contribution in [2.24, 2.45) is 0 Å². The highest BCUT2D eigenvalue weighted by atomic mass is 79.9. The average molecular weight is 374 g/mol. The predicted molar refractivity (Wildman–Crippen MR) is 80.9 cm³/mol. The van der Waals surface area contributed by atoms with E-state index in [2.05, 4.69) is 25.9 Å². The van der Waals surface area contributed by atoms with Gasteiger partial charge in [0.15, 0.2) is 5.82 Å². The number of benzene rings is 1. The molecule has 0 fully saturated rings. The van der Waals surface area contributed by atoms with E-state index in [-0.39, 0.29) is 12.5 Å². The van der Waals surface area contributed by atoms with Crippen LogP contribution in [-0.4, -0.2) is 9.97 Å². The summed E-state index contributed by atoms with van der Waals surface area (Å²) in [6.07, 6.45) is 0. The Balaban J connectivity index is 1.81. The molecule has 0 atom stereocenters. The predicted octanol–water partition coefficient (Wildman–Crippen LogP) is 4.83. The lowest BCUT2D eigenvalue weighted by molar-refractivity contribution is 0.276. The molecule has 0 aliphatic heterocycles. The molecule has 1 aromatic carbocycles. The number of fused-ring (bicyclic) bond motifs is 1. The first-order valence-electron chi connectivity index (χ1n) is 5.61. The smallest absolute Gasteiger partial charge is 0.251 e. The summed E-state index contributed by atoms with van der Waals surface area (Å²) in [5.74, 6) is -0.547. The Labute approximate surface area is 131 Å². The van der Waals surface area contributed by atoms with Crippen LogP contribution >= 0.6 is 38.9 Å². The van der Waals surface area contributed by atoms with Crippen LogP contribution in [0.4, 0.5) is 4.39 Å². The topological polar surface area (TPSA) is 35.0 Å². The zero-order valence-corrected chi connectivity index (χ0v) is 13.1. The van der Waals surface area contributed by atoms with Gasteiger partial charge in [0.2, 0.25) is 0 Å². The molecule has 3 nitrogen and oxygen atoms in total. The molecule has 0 saturated heterocycles. The zero-order valence-electron chi connectivity index (χ0n) is 9.94. The van der Waals surface area contributed by atoms with E-state index in [9.17, 15) is 4.39 Å². The van der Waals surface area contributed by atoms with Crippen LogP contribution in [0.15, 0.2) is 34.9 Å². The first-order valence-corrected chi connectivity index (χ1v) is 7.60. The fourth-order valence-electron chi connectivity index (χ4n) is 1.64. The maximum Gasteiger partial charge on any atom is 0.251 e. The van der Waals surface area contributed by atoms with Crippen LogP contribution in [0.25, 0.3) is 10.2 Å². The van der Waals surface area contributed by atoms with Gasteiger partial charge in [0, 0.05) is 5.02 Å². The highest BCUT2D eigenvalue weighted by molar-refractivity contribution is 9.10. The molecule has 102 valence electrons. The molecule has 0 radical (unpaired) electrons. The Morgan fingerprint density at radius 3 is 2.95 bits per heavy atom. The Bertz CT molecular complexity index is 780. The van der Waals surface area contributed by atoms with E-state index in [1.54, 1.807) is 6.07 Å². The van der Waals surface area contributed by atoms with Gasteiger partial charge in [0.1, 0.15) is 16.2 Å². The van der Waals surface area contributed by atoms with Gasteiger partial charge >= 0.3 is 0 Å². The summed E-state index contributed by atoms with van der Waals surface area (Å²) in [4.78, 5) is 8.32. The molecular formula is C13H7BrClFN2OS. The minimum Gasteiger partial charge on any atom is -0.468 e. The van der Waals surface area contributed by atoms with Crippen molar-refractivity contribution in [3.8, 4) is 5.88 Å². The van der Waals surface area contributed by atoms with Gasteiger partial charge in [-0.1, -0.05) is 11.6 Å². The number of aromatic nitrogens is 2. The number of hydrogen-bond donors (Lipinski definition) is 0. The quantitative estimate of drug-likeness (QED) is 0.617. The second-order valence-electron chi connectivity index (χ2n) is 3.93. The third-order valence-corrected chi connectivity index (χ3v) is 4.18. The van der Waals surface area contributed by atoms with Crippen molar-refractivity contribution in [2.75, 3.05) is 0 Å². The van der Waals surface area contributed by atoms with Gasteiger partial charge in [-0.2, -0.15) is 0 Å². The fraction of sp³-hybridized carbons (Fsp3) is 0.0769. The highest BCUT2D eigenvalue weighted by Gasteiger charge is 2.09. The Kier molecular flexibility index (Phi) is 3.87. The van der Waals surface area contributed by atoms with E-state index in [0.29, 0.717) is 9.63 Å². The molecule has 0 amide bonds. The largest absolute Gasteiger partial charge is 0.468 e. The number of thiazole rings is 1. The molecule has 20 heavy (non-hydrogen) atoms. The SMILES string of the molecule is Fc1ccc(Br)nc1OCc1nc2ccc(Cl)cc2s1. The lowest BCUT2D eigenvalue weighted by Crippen LogP contribution is -1.99.